The van der Waals surface area contributed by atoms with E-state index in [1.165, 1.54) is 5.56 Å². The van der Waals surface area contributed by atoms with Crippen LogP contribution in [0.5, 0.6) is 0 Å². The highest BCUT2D eigenvalue weighted by Crippen LogP contribution is 2.20. The highest BCUT2D eigenvalue weighted by atomic mass is 32.1. The molecule has 0 spiro atoms. The first-order valence-electron chi connectivity index (χ1n) is 7.24. The molecule has 0 aromatic carbocycles. The van der Waals surface area contributed by atoms with Crippen molar-refractivity contribution in [3.8, 4) is 0 Å². The number of hydrogen-bond donors (Lipinski definition) is 0. The molecule has 0 bridgehead atoms. The van der Waals surface area contributed by atoms with E-state index in [1.807, 2.05) is 18.7 Å². The summed E-state index contributed by atoms with van der Waals surface area (Å²) in [5.74, 6) is 0.170. The third kappa shape index (κ3) is 4.14. The largest absolute Gasteiger partial charge is 0.335 e. The van der Waals surface area contributed by atoms with Gasteiger partial charge in [0, 0.05) is 17.5 Å². The van der Waals surface area contributed by atoms with Gasteiger partial charge < -0.3 is 4.90 Å². The van der Waals surface area contributed by atoms with Gasteiger partial charge in [-0.05, 0) is 49.6 Å². The number of carbonyl (C=O) groups excluding carboxylic acids is 1. The second-order valence-corrected chi connectivity index (χ2v) is 7.51. The summed E-state index contributed by atoms with van der Waals surface area (Å²) in [6, 6.07) is 2.34. The number of hydrogen-bond acceptors (Lipinski definition) is 4. The molecule has 0 saturated carbocycles. The molecule has 3 nitrogen and oxygen atoms in total. The zero-order chi connectivity index (χ0) is 15.4. The Kier molecular flexibility index (Phi) is 5.53. The summed E-state index contributed by atoms with van der Waals surface area (Å²) < 4.78 is 0. The van der Waals surface area contributed by atoms with E-state index in [-0.39, 0.29) is 11.9 Å². The summed E-state index contributed by atoms with van der Waals surface area (Å²) in [4.78, 5) is 20.3. The molecule has 0 aliphatic heterocycles. The highest BCUT2D eigenvalue weighted by Gasteiger charge is 2.21. The molecule has 2 heterocycles. The predicted octanol–water partition coefficient (Wildman–Crippen LogP) is 4.19. The van der Waals surface area contributed by atoms with Gasteiger partial charge in [0.05, 0.1) is 17.1 Å². The summed E-state index contributed by atoms with van der Waals surface area (Å²) in [6.07, 6.45) is 1.37. The zero-order valence-corrected chi connectivity index (χ0v) is 14.7. The Morgan fingerprint density at radius 3 is 2.71 bits per heavy atom. The Hall–Kier alpha value is -1.20. The third-order valence-corrected chi connectivity index (χ3v) is 5.36. The van der Waals surface area contributed by atoms with Crippen molar-refractivity contribution >= 4 is 28.6 Å². The quantitative estimate of drug-likeness (QED) is 0.799. The fourth-order valence-electron chi connectivity index (χ4n) is 2.27. The number of nitrogens with zero attached hydrogens (tertiary/aromatic N) is 2. The molecule has 1 unspecified atom stereocenters. The normalized spacial score (nSPS) is 12.4. The zero-order valence-electron chi connectivity index (χ0n) is 13.0. The maximum atomic E-state index is 12.7. The van der Waals surface area contributed by atoms with E-state index in [4.69, 9.17) is 0 Å². The molecule has 0 aliphatic carbocycles. The van der Waals surface area contributed by atoms with Crippen LogP contribution in [0.3, 0.4) is 0 Å². The van der Waals surface area contributed by atoms with Gasteiger partial charge in [0.25, 0.3) is 0 Å². The second kappa shape index (κ2) is 7.18. The SMILES string of the molecule is CCC(C)N(Cc1ccsc1)C(=O)Cc1nc(C)sc1C. The Bertz CT molecular complexity index is 589. The molecule has 114 valence electrons. The lowest BCUT2D eigenvalue weighted by atomic mass is 10.1. The summed E-state index contributed by atoms with van der Waals surface area (Å²) in [6.45, 7) is 8.96. The van der Waals surface area contributed by atoms with Gasteiger partial charge in [0.1, 0.15) is 0 Å². The number of carbonyl (C=O) groups is 1. The van der Waals surface area contributed by atoms with Crippen LogP contribution in [0.15, 0.2) is 16.8 Å². The fraction of sp³-hybridized carbons (Fsp3) is 0.500. The van der Waals surface area contributed by atoms with Crippen LogP contribution < -0.4 is 0 Å². The number of aryl methyl sites for hydroxylation is 2. The molecule has 0 N–H and O–H groups in total. The van der Waals surface area contributed by atoms with Crippen LogP contribution in [0.25, 0.3) is 0 Å². The van der Waals surface area contributed by atoms with Gasteiger partial charge in [0.2, 0.25) is 5.91 Å². The third-order valence-electron chi connectivity index (χ3n) is 3.69. The molecule has 0 radical (unpaired) electrons. The summed E-state index contributed by atoms with van der Waals surface area (Å²) >= 11 is 3.34. The minimum Gasteiger partial charge on any atom is -0.335 e. The van der Waals surface area contributed by atoms with E-state index in [0.717, 1.165) is 22.0 Å². The van der Waals surface area contributed by atoms with Gasteiger partial charge in [0.15, 0.2) is 0 Å². The van der Waals surface area contributed by atoms with Crippen molar-refractivity contribution in [3.05, 3.63) is 38.0 Å². The van der Waals surface area contributed by atoms with E-state index in [2.05, 4.69) is 35.7 Å². The first-order valence-corrected chi connectivity index (χ1v) is 9.00. The van der Waals surface area contributed by atoms with Crippen LogP contribution in [0.4, 0.5) is 0 Å². The molecule has 5 heteroatoms. The van der Waals surface area contributed by atoms with Crippen molar-refractivity contribution in [2.75, 3.05) is 0 Å². The van der Waals surface area contributed by atoms with Gasteiger partial charge in [-0.1, -0.05) is 6.92 Å². The number of aromatic nitrogens is 1. The van der Waals surface area contributed by atoms with E-state index in [0.29, 0.717) is 13.0 Å². The molecular weight excluding hydrogens is 300 g/mol. The van der Waals surface area contributed by atoms with Crippen molar-refractivity contribution in [1.29, 1.82) is 0 Å². The lowest BCUT2D eigenvalue weighted by molar-refractivity contribution is -0.133. The van der Waals surface area contributed by atoms with E-state index in [1.54, 1.807) is 22.7 Å². The molecule has 0 saturated heterocycles. The van der Waals surface area contributed by atoms with Crippen LogP contribution in [0.2, 0.25) is 0 Å². The average molecular weight is 322 g/mol. The van der Waals surface area contributed by atoms with Gasteiger partial charge in [-0.3, -0.25) is 4.79 Å². The van der Waals surface area contributed by atoms with Crippen molar-refractivity contribution < 1.29 is 4.79 Å². The fourth-order valence-corrected chi connectivity index (χ4v) is 3.76. The maximum Gasteiger partial charge on any atom is 0.229 e. The predicted molar refractivity (Wildman–Crippen MR) is 89.9 cm³/mol. The van der Waals surface area contributed by atoms with Gasteiger partial charge in [-0.25, -0.2) is 4.98 Å². The molecular formula is C16H22N2OS2. The Morgan fingerprint density at radius 1 is 1.43 bits per heavy atom. The molecule has 21 heavy (non-hydrogen) atoms. The smallest absolute Gasteiger partial charge is 0.229 e. The van der Waals surface area contributed by atoms with Crippen LogP contribution >= 0.6 is 22.7 Å². The Morgan fingerprint density at radius 2 is 2.19 bits per heavy atom. The average Bonchev–Trinajstić information content (AvgIpc) is 3.05. The van der Waals surface area contributed by atoms with E-state index in [9.17, 15) is 4.79 Å². The molecule has 0 aliphatic rings. The number of thiophene rings is 1. The van der Waals surface area contributed by atoms with Crippen LogP contribution in [-0.2, 0) is 17.8 Å². The standard InChI is InChI=1S/C16H22N2OS2/c1-5-11(2)18(9-14-6-7-20-10-14)16(19)8-15-12(3)21-13(4)17-15/h6-7,10-11H,5,8-9H2,1-4H3. The summed E-state index contributed by atoms with van der Waals surface area (Å²) in [7, 11) is 0. The number of thiazole rings is 1. The maximum absolute atomic E-state index is 12.7. The van der Waals surface area contributed by atoms with Crippen LogP contribution in [0.1, 0.15) is 41.4 Å². The van der Waals surface area contributed by atoms with E-state index < -0.39 is 0 Å². The van der Waals surface area contributed by atoms with Gasteiger partial charge >= 0.3 is 0 Å². The lowest BCUT2D eigenvalue weighted by Gasteiger charge is -2.28. The second-order valence-electron chi connectivity index (χ2n) is 5.32. The lowest BCUT2D eigenvalue weighted by Crippen LogP contribution is -2.38. The van der Waals surface area contributed by atoms with Crippen LogP contribution in [0, 0.1) is 13.8 Å². The summed E-state index contributed by atoms with van der Waals surface area (Å²) in [5.41, 5.74) is 2.14. The van der Waals surface area contributed by atoms with Gasteiger partial charge in [-0.2, -0.15) is 11.3 Å². The molecule has 0 fully saturated rings. The monoisotopic (exact) mass is 322 g/mol. The molecule has 1 atom stereocenters. The first kappa shape index (κ1) is 16.2. The minimum atomic E-state index is 0.170. The topological polar surface area (TPSA) is 33.2 Å². The van der Waals surface area contributed by atoms with Crippen molar-refractivity contribution in [2.24, 2.45) is 0 Å². The van der Waals surface area contributed by atoms with Crippen molar-refractivity contribution in [2.45, 2.75) is 53.1 Å². The van der Waals surface area contributed by atoms with Crippen molar-refractivity contribution in [3.63, 3.8) is 0 Å². The first-order chi connectivity index (χ1) is 10.0. The summed E-state index contributed by atoms with van der Waals surface area (Å²) in [5, 5.41) is 5.20. The van der Waals surface area contributed by atoms with E-state index >= 15 is 0 Å². The Labute approximate surface area is 134 Å². The number of rotatable bonds is 6. The molecule has 2 aromatic rings. The van der Waals surface area contributed by atoms with Gasteiger partial charge in [-0.15, -0.1) is 11.3 Å². The Balaban J connectivity index is 2.12. The molecule has 2 aromatic heterocycles. The molecule has 2 rings (SSSR count). The molecule has 1 amide bonds. The highest BCUT2D eigenvalue weighted by molar-refractivity contribution is 7.11. The van der Waals surface area contributed by atoms with Crippen LogP contribution in [-0.4, -0.2) is 21.8 Å². The minimum absolute atomic E-state index is 0.170. The number of amides is 1. The van der Waals surface area contributed by atoms with Crippen molar-refractivity contribution in [1.82, 2.24) is 9.88 Å².